The molecule has 1 rings (SSSR count). The van der Waals surface area contributed by atoms with Crippen molar-refractivity contribution in [3.63, 3.8) is 0 Å². The summed E-state index contributed by atoms with van der Waals surface area (Å²) in [4.78, 5) is 14.6. The Bertz CT molecular complexity index is 433. The van der Waals surface area contributed by atoms with Crippen molar-refractivity contribution in [3.05, 3.63) is 35.4 Å². The van der Waals surface area contributed by atoms with E-state index in [2.05, 4.69) is 55.3 Å². The van der Waals surface area contributed by atoms with E-state index < -0.39 is 0 Å². The highest BCUT2D eigenvalue weighted by molar-refractivity contribution is 5.82. The summed E-state index contributed by atoms with van der Waals surface area (Å²) < 4.78 is 0. The van der Waals surface area contributed by atoms with E-state index >= 15 is 0 Å². The molecule has 3 heteroatoms. The Kier molecular flexibility index (Phi) is 5.75. The molecule has 1 amide bonds. The molecular weight excluding hydrogens is 248 g/mol. The van der Waals surface area contributed by atoms with Crippen LogP contribution in [0.25, 0.3) is 0 Å². The molecule has 1 atom stereocenters. The molecule has 1 aromatic rings. The van der Waals surface area contributed by atoms with E-state index in [0.29, 0.717) is 0 Å². The van der Waals surface area contributed by atoms with Crippen LogP contribution in [0.1, 0.15) is 45.7 Å². The molecule has 0 spiro atoms. The average molecular weight is 276 g/mol. The fraction of sp³-hybridized carbons (Fsp3) is 0.588. The molecule has 0 aliphatic heterocycles. The third-order valence-corrected chi connectivity index (χ3v) is 3.95. The molecule has 1 unspecified atom stereocenters. The lowest BCUT2D eigenvalue weighted by molar-refractivity contribution is -0.127. The van der Waals surface area contributed by atoms with Gasteiger partial charge in [-0.05, 0) is 46.3 Å². The minimum absolute atomic E-state index is 0.0827. The van der Waals surface area contributed by atoms with Crippen LogP contribution in [-0.2, 0) is 10.3 Å². The summed E-state index contributed by atoms with van der Waals surface area (Å²) in [5, 5.41) is 3.16. The zero-order valence-corrected chi connectivity index (χ0v) is 13.7. The number of carbonyl (C=O) groups is 1. The van der Waals surface area contributed by atoms with E-state index in [0.717, 1.165) is 18.7 Å². The quantitative estimate of drug-likeness (QED) is 0.866. The van der Waals surface area contributed by atoms with Crippen LogP contribution >= 0.6 is 0 Å². The van der Waals surface area contributed by atoms with Gasteiger partial charge in [0.2, 0.25) is 5.91 Å². The van der Waals surface area contributed by atoms with Crippen LogP contribution in [-0.4, -0.2) is 29.9 Å². The second-order valence-corrected chi connectivity index (χ2v) is 5.88. The van der Waals surface area contributed by atoms with Gasteiger partial charge in [-0.25, -0.2) is 0 Å². The fourth-order valence-electron chi connectivity index (χ4n) is 2.39. The molecule has 1 N–H and O–H groups in total. The Hall–Kier alpha value is -1.35. The number of carbonyl (C=O) groups excluding carboxylic acids is 1. The van der Waals surface area contributed by atoms with E-state index in [1.54, 1.807) is 0 Å². The molecule has 0 fully saturated rings. The van der Waals surface area contributed by atoms with Gasteiger partial charge >= 0.3 is 0 Å². The van der Waals surface area contributed by atoms with Crippen molar-refractivity contribution in [3.8, 4) is 0 Å². The maximum absolute atomic E-state index is 12.4. The van der Waals surface area contributed by atoms with E-state index in [-0.39, 0.29) is 17.5 Å². The van der Waals surface area contributed by atoms with Gasteiger partial charge in [-0.3, -0.25) is 9.69 Å². The summed E-state index contributed by atoms with van der Waals surface area (Å²) in [7, 11) is 0. The first kappa shape index (κ1) is 16.7. The largest absolute Gasteiger partial charge is 0.346 e. The van der Waals surface area contributed by atoms with Crippen molar-refractivity contribution in [1.29, 1.82) is 0 Å². The maximum Gasteiger partial charge on any atom is 0.237 e. The molecule has 20 heavy (non-hydrogen) atoms. The maximum atomic E-state index is 12.4. The Balaban J connectivity index is 2.79. The third-order valence-electron chi connectivity index (χ3n) is 3.95. The van der Waals surface area contributed by atoms with Gasteiger partial charge in [0, 0.05) is 0 Å². The van der Waals surface area contributed by atoms with E-state index in [1.807, 2.05) is 20.8 Å². The first-order valence-electron chi connectivity index (χ1n) is 7.45. The summed E-state index contributed by atoms with van der Waals surface area (Å²) in [6, 6.07) is 8.22. The minimum atomic E-state index is -0.355. The zero-order valence-electron chi connectivity index (χ0n) is 13.7. The van der Waals surface area contributed by atoms with Crippen molar-refractivity contribution < 1.29 is 4.79 Å². The first-order chi connectivity index (χ1) is 9.31. The minimum Gasteiger partial charge on any atom is -0.346 e. The van der Waals surface area contributed by atoms with Crippen LogP contribution < -0.4 is 5.32 Å². The molecule has 3 nitrogen and oxygen atoms in total. The summed E-state index contributed by atoms with van der Waals surface area (Å²) in [6.07, 6.45) is 0. The molecule has 0 aliphatic rings. The fourth-order valence-corrected chi connectivity index (χ4v) is 2.39. The number of likely N-dealkylation sites (N-methyl/N-ethyl adjacent to an activating group) is 1. The van der Waals surface area contributed by atoms with Gasteiger partial charge in [0.05, 0.1) is 11.6 Å². The van der Waals surface area contributed by atoms with Crippen molar-refractivity contribution in [2.45, 2.75) is 53.1 Å². The molecule has 0 heterocycles. The number of aryl methyl sites for hydroxylation is 1. The Labute approximate surface area is 123 Å². The SMILES string of the molecule is CCN(CC)C(C)C(=O)NC(C)(C)c1ccc(C)cc1. The van der Waals surface area contributed by atoms with Gasteiger partial charge in [0.25, 0.3) is 0 Å². The van der Waals surface area contributed by atoms with E-state index in [9.17, 15) is 4.79 Å². The molecule has 0 aromatic heterocycles. The molecule has 112 valence electrons. The predicted molar refractivity (Wildman–Crippen MR) is 84.7 cm³/mol. The van der Waals surface area contributed by atoms with Crippen LogP contribution in [0.2, 0.25) is 0 Å². The molecule has 0 bridgehead atoms. The van der Waals surface area contributed by atoms with Crippen LogP contribution in [0.4, 0.5) is 0 Å². The highest BCUT2D eigenvalue weighted by atomic mass is 16.2. The highest BCUT2D eigenvalue weighted by Gasteiger charge is 2.27. The lowest BCUT2D eigenvalue weighted by Gasteiger charge is -2.32. The smallest absolute Gasteiger partial charge is 0.237 e. The number of hydrogen-bond donors (Lipinski definition) is 1. The summed E-state index contributed by atoms with van der Waals surface area (Å²) in [6.45, 7) is 14.1. The second-order valence-electron chi connectivity index (χ2n) is 5.88. The monoisotopic (exact) mass is 276 g/mol. The van der Waals surface area contributed by atoms with Crippen molar-refractivity contribution in [1.82, 2.24) is 10.2 Å². The number of nitrogens with zero attached hydrogens (tertiary/aromatic N) is 1. The van der Waals surface area contributed by atoms with Gasteiger partial charge in [0.15, 0.2) is 0 Å². The topological polar surface area (TPSA) is 32.3 Å². The number of amides is 1. The van der Waals surface area contributed by atoms with E-state index in [1.165, 1.54) is 5.56 Å². The average Bonchev–Trinajstić information content (AvgIpc) is 2.40. The molecule has 0 saturated carbocycles. The molecule has 0 saturated heterocycles. The van der Waals surface area contributed by atoms with Crippen LogP contribution in [0.3, 0.4) is 0 Å². The summed E-state index contributed by atoms with van der Waals surface area (Å²) in [5.41, 5.74) is 2.00. The van der Waals surface area contributed by atoms with Crippen LogP contribution in [0.5, 0.6) is 0 Å². The lowest BCUT2D eigenvalue weighted by atomic mass is 9.93. The van der Waals surface area contributed by atoms with Crippen LogP contribution in [0.15, 0.2) is 24.3 Å². The van der Waals surface area contributed by atoms with Gasteiger partial charge < -0.3 is 5.32 Å². The first-order valence-corrected chi connectivity index (χ1v) is 7.45. The third kappa shape index (κ3) is 4.07. The highest BCUT2D eigenvalue weighted by Crippen LogP contribution is 2.20. The number of rotatable bonds is 6. The normalized spacial score (nSPS) is 13.3. The Morgan fingerprint density at radius 3 is 2.15 bits per heavy atom. The number of hydrogen-bond acceptors (Lipinski definition) is 2. The van der Waals surface area contributed by atoms with Crippen molar-refractivity contribution >= 4 is 5.91 Å². The summed E-state index contributed by atoms with van der Waals surface area (Å²) >= 11 is 0. The standard InChI is InChI=1S/C17H28N2O/c1-7-19(8-2)14(4)16(20)18-17(5,6)15-11-9-13(3)10-12-15/h9-12,14H,7-8H2,1-6H3,(H,18,20). The Morgan fingerprint density at radius 2 is 1.70 bits per heavy atom. The predicted octanol–water partition coefficient (Wildman–Crippen LogP) is 3.08. The van der Waals surface area contributed by atoms with Gasteiger partial charge in [0.1, 0.15) is 0 Å². The number of nitrogens with one attached hydrogen (secondary N) is 1. The van der Waals surface area contributed by atoms with Crippen molar-refractivity contribution in [2.24, 2.45) is 0 Å². The molecule has 0 radical (unpaired) electrons. The van der Waals surface area contributed by atoms with Crippen LogP contribution in [0, 0.1) is 6.92 Å². The molecule has 0 aliphatic carbocycles. The van der Waals surface area contributed by atoms with Gasteiger partial charge in [-0.1, -0.05) is 43.7 Å². The molecule has 1 aromatic carbocycles. The second kappa shape index (κ2) is 6.89. The van der Waals surface area contributed by atoms with Gasteiger partial charge in [-0.2, -0.15) is 0 Å². The number of benzene rings is 1. The molecular formula is C17H28N2O. The van der Waals surface area contributed by atoms with Gasteiger partial charge in [-0.15, -0.1) is 0 Å². The Morgan fingerprint density at radius 1 is 1.20 bits per heavy atom. The lowest BCUT2D eigenvalue weighted by Crippen LogP contribution is -2.50. The zero-order chi connectivity index (χ0) is 15.3. The summed E-state index contributed by atoms with van der Waals surface area (Å²) in [5.74, 6) is 0.0827. The van der Waals surface area contributed by atoms with E-state index in [4.69, 9.17) is 0 Å². The van der Waals surface area contributed by atoms with Crippen molar-refractivity contribution in [2.75, 3.05) is 13.1 Å².